The molecule has 0 aliphatic carbocycles. The second kappa shape index (κ2) is 8.39. The Labute approximate surface area is 197 Å². The van der Waals surface area contributed by atoms with Gasteiger partial charge >= 0.3 is 6.18 Å². The minimum Gasteiger partial charge on any atom is -0.496 e. The summed E-state index contributed by atoms with van der Waals surface area (Å²) in [6.07, 6.45) is -1.52. The van der Waals surface area contributed by atoms with Gasteiger partial charge in [-0.2, -0.15) is 13.2 Å². The molecular formula is C25H19F3N6O. The van der Waals surface area contributed by atoms with Gasteiger partial charge in [-0.1, -0.05) is 12.1 Å². The number of fused-ring (bicyclic) bond motifs is 2. The molecule has 2 heterocycles. The average molecular weight is 476 g/mol. The van der Waals surface area contributed by atoms with Crippen LogP contribution in [0, 0.1) is 6.92 Å². The zero-order chi connectivity index (χ0) is 24.7. The first kappa shape index (κ1) is 22.3. The number of methoxy groups -OCH3 is 1. The number of hydrogen-bond acceptors (Lipinski definition) is 7. The Morgan fingerprint density at radius 3 is 2.57 bits per heavy atom. The lowest BCUT2D eigenvalue weighted by atomic mass is 9.96. The van der Waals surface area contributed by atoms with Gasteiger partial charge in [-0.05, 0) is 54.4 Å². The summed E-state index contributed by atoms with van der Waals surface area (Å²) in [6.45, 7) is 1.97. The topological polar surface area (TPSA) is 98.8 Å². The zero-order valence-electron chi connectivity index (χ0n) is 18.7. The van der Waals surface area contributed by atoms with Gasteiger partial charge in [0, 0.05) is 28.2 Å². The van der Waals surface area contributed by atoms with Crippen molar-refractivity contribution in [3.63, 3.8) is 0 Å². The van der Waals surface area contributed by atoms with Crippen LogP contribution in [0.3, 0.4) is 0 Å². The van der Waals surface area contributed by atoms with Crippen molar-refractivity contribution < 1.29 is 17.9 Å². The number of benzene rings is 3. The molecule has 3 aromatic carbocycles. The van der Waals surface area contributed by atoms with Crippen molar-refractivity contribution in [1.82, 2.24) is 19.9 Å². The predicted octanol–water partition coefficient (Wildman–Crippen LogP) is 5.90. The normalized spacial score (nSPS) is 11.7. The number of nitrogens with two attached hydrogens (primary N) is 1. The standard InChI is InChI=1S/C25H19F3N6O/c1-13-3-6-17-22(21(13)14-4-7-19-15(9-14)11-30-24(29)34-19)31-12-32-23(17)33-16-5-8-20(35-2)18(10-16)25(26,27)28/h3-12H,1-2H3,(H2,29,30,34)(H,31,32,33). The summed E-state index contributed by atoms with van der Waals surface area (Å²) < 4.78 is 45.3. The molecule has 0 fully saturated rings. The molecule has 5 aromatic rings. The molecule has 0 unspecified atom stereocenters. The zero-order valence-corrected chi connectivity index (χ0v) is 18.7. The highest BCUT2D eigenvalue weighted by Crippen LogP contribution is 2.39. The lowest BCUT2D eigenvalue weighted by Crippen LogP contribution is -2.08. The average Bonchev–Trinajstić information content (AvgIpc) is 2.83. The molecule has 2 aromatic heterocycles. The van der Waals surface area contributed by atoms with E-state index >= 15 is 0 Å². The Morgan fingerprint density at radius 2 is 1.80 bits per heavy atom. The predicted molar refractivity (Wildman–Crippen MR) is 128 cm³/mol. The minimum atomic E-state index is -4.56. The second-order valence-corrected chi connectivity index (χ2v) is 7.92. The van der Waals surface area contributed by atoms with Gasteiger partial charge in [-0.25, -0.2) is 19.9 Å². The summed E-state index contributed by atoms with van der Waals surface area (Å²) in [5.74, 6) is 0.323. The SMILES string of the molecule is COc1ccc(Nc2ncnc3c(-c4ccc5nc(N)ncc5c4)c(C)ccc23)cc1C(F)(F)F. The van der Waals surface area contributed by atoms with Crippen LogP contribution < -0.4 is 15.8 Å². The van der Waals surface area contributed by atoms with E-state index in [2.05, 4.69) is 25.3 Å². The van der Waals surface area contributed by atoms with E-state index in [0.717, 1.165) is 33.7 Å². The number of alkyl halides is 3. The van der Waals surface area contributed by atoms with Crippen LogP contribution in [-0.4, -0.2) is 27.0 Å². The Morgan fingerprint density at radius 1 is 0.971 bits per heavy atom. The third-order valence-corrected chi connectivity index (χ3v) is 5.67. The van der Waals surface area contributed by atoms with E-state index in [1.807, 2.05) is 37.3 Å². The summed E-state index contributed by atoms with van der Waals surface area (Å²) in [5, 5.41) is 4.48. The smallest absolute Gasteiger partial charge is 0.420 e. The molecule has 10 heteroatoms. The van der Waals surface area contributed by atoms with E-state index in [0.29, 0.717) is 16.7 Å². The van der Waals surface area contributed by atoms with Crippen LogP contribution in [0.1, 0.15) is 11.1 Å². The van der Waals surface area contributed by atoms with Gasteiger partial charge in [-0.3, -0.25) is 0 Å². The fourth-order valence-electron chi connectivity index (χ4n) is 4.04. The van der Waals surface area contributed by atoms with E-state index < -0.39 is 11.7 Å². The first-order valence-corrected chi connectivity index (χ1v) is 10.5. The van der Waals surface area contributed by atoms with Crippen LogP contribution >= 0.6 is 0 Å². The van der Waals surface area contributed by atoms with E-state index in [1.54, 1.807) is 6.20 Å². The Kier molecular flexibility index (Phi) is 5.35. The lowest BCUT2D eigenvalue weighted by molar-refractivity contribution is -0.138. The summed E-state index contributed by atoms with van der Waals surface area (Å²) in [6, 6.07) is 13.3. The van der Waals surface area contributed by atoms with Crippen molar-refractivity contribution in [2.75, 3.05) is 18.2 Å². The molecule has 0 amide bonds. The summed E-state index contributed by atoms with van der Waals surface area (Å²) in [4.78, 5) is 17.1. The van der Waals surface area contributed by atoms with Crippen LogP contribution in [0.2, 0.25) is 0 Å². The van der Waals surface area contributed by atoms with Gasteiger partial charge in [0.1, 0.15) is 17.9 Å². The maximum Gasteiger partial charge on any atom is 0.420 e. The fraction of sp³-hybridized carbons (Fsp3) is 0.120. The van der Waals surface area contributed by atoms with Gasteiger partial charge in [0.05, 0.1) is 23.7 Å². The minimum absolute atomic E-state index is 0.197. The van der Waals surface area contributed by atoms with Crippen molar-refractivity contribution in [3.8, 4) is 16.9 Å². The molecule has 5 rings (SSSR count). The first-order chi connectivity index (χ1) is 16.7. The molecule has 0 spiro atoms. The van der Waals surface area contributed by atoms with E-state index in [4.69, 9.17) is 10.5 Å². The molecule has 0 radical (unpaired) electrons. The first-order valence-electron chi connectivity index (χ1n) is 10.5. The number of nitrogen functional groups attached to an aromatic ring is 1. The second-order valence-electron chi connectivity index (χ2n) is 7.92. The van der Waals surface area contributed by atoms with Crippen molar-refractivity contribution in [2.24, 2.45) is 0 Å². The van der Waals surface area contributed by atoms with Gasteiger partial charge in [0.2, 0.25) is 5.95 Å². The molecule has 7 nitrogen and oxygen atoms in total. The summed E-state index contributed by atoms with van der Waals surface area (Å²) in [5.41, 5.74) is 9.14. The molecule has 0 aliphatic rings. The van der Waals surface area contributed by atoms with Crippen LogP contribution in [0.4, 0.5) is 30.6 Å². The number of rotatable bonds is 4. The number of nitrogens with zero attached hydrogens (tertiary/aromatic N) is 4. The van der Waals surface area contributed by atoms with Crippen molar-refractivity contribution in [1.29, 1.82) is 0 Å². The van der Waals surface area contributed by atoms with Crippen LogP contribution in [0.15, 0.2) is 61.1 Å². The van der Waals surface area contributed by atoms with Crippen LogP contribution in [-0.2, 0) is 6.18 Å². The Balaban J connectivity index is 1.62. The number of hydrogen-bond donors (Lipinski definition) is 2. The van der Waals surface area contributed by atoms with Crippen molar-refractivity contribution >= 4 is 39.3 Å². The van der Waals surface area contributed by atoms with E-state index in [1.165, 1.54) is 25.6 Å². The number of ether oxygens (including phenoxy) is 1. The lowest BCUT2D eigenvalue weighted by Gasteiger charge is -2.16. The van der Waals surface area contributed by atoms with Crippen molar-refractivity contribution in [2.45, 2.75) is 13.1 Å². The largest absolute Gasteiger partial charge is 0.496 e. The number of halogens is 3. The molecule has 35 heavy (non-hydrogen) atoms. The van der Waals surface area contributed by atoms with Gasteiger partial charge < -0.3 is 15.8 Å². The number of aromatic nitrogens is 4. The number of aryl methyl sites for hydroxylation is 1. The highest BCUT2D eigenvalue weighted by molar-refractivity contribution is 6.02. The Bertz CT molecular complexity index is 1590. The molecule has 3 N–H and O–H groups in total. The maximum atomic E-state index is 13.5. The maximum absolute atomic E-state index is 13.5. The molecule has 0 saturated carbocycles. The summed E-state index contributed by atoms with van der Waals surface area (Å²) >= 11 is 0. The third kappa shape index (κ3) is 4.14. The van der Waals surface area contributed by atoms with E-state index in [9.17, 15) is 13.2 Å². The summed E-state index contributed by atoms with van der Waals surface area (Å²) in [7, 11) is 1.20. The quantitative estimate of drug-likeness (QED) is 0.333. The molecule has 0 bridgehead atoms. The van der Waals surface area contributed by atoms with Gasteiger partial charge in [0.25, 0.3) is 0 Å². The molecule has 0 atom stereocenters. The number of nitrogens with one attached hydrogen (secondary N) is 1. The fourth-order valence-corrected chi connectivity index (χ4v) is 4.04. The van der Waals surface area contributed by atoms with Crippen molar-refractivity contribution in [3.05, 3.63) is 72.2 Å². The van der Waals surface area contributed by atoms with Gasteiger partial charge in [0.15, 0.2) is 0 Å². The third-order valence-electron chi connectivity index (χ3n) is 5.67. The van der Waals surface area contributed by atoms with Crippen LogP contribution in [0.5, 0.6) is 5.75 Å². The molecule has 0 saturated heterocycles. The van der Waals surface area contributed by atoms with E-state index in [-0.39, 0.29) is 17.4 Å². The Hall–Kier alpha value is -4.47. The molecule has 176 valence electrons. The van der Waals surface area contributed by atoms with Crippen LogP contribution in [0.25, 0.3) is 32.9 Å². The molecule has 0 aliphatic heterocycles. The highest BCUT2D eigenvalue weighted by atomic mass is 19.4. The highest BCUT2D eigenvalue weighted by Gasteiger charge is 2.34. The number of anilines is 3. The molecular weight excluding hydrogens is 457 g/mol. The van der Waals surface area contributed by atoms with Gasteiger partial charge in [-0.15, -0.1) is 0 Å². The monoisotopic (exact) mass is 476 g/mol.